The summed E-state index contributed by atoms with van der Waals surface area (Å²) in [5.74, 6) is -1.42. The molecule has 1 aromatic rings. The van der Waals surface area contributed by atoms with Gasteiger partial charge in [-0.15, -0.1) is 0 Å². The molecule has 0 fully saturated rings. The fourth-order valence-corrected chi connectivity index (χ4v) is 1.62. The Kier molecular flexibility index (Phi) is 5.95. The number of hydrogen-bond donors (Lipinski definition) is 3. The monoisotopic (exact) mass is 267 g/mol. The Hall–Kier alpha value is -1.95. The summed E-state index contributed by atoms with van der Waals surface area (Å²) >= 11 is 0. The number of carbonyl (C=O) groups excluding carboxylic acids is 2. The Labute approximate surface area is 111 Å². The summed E-state index contributed by atoms with van der Waals surface area (Å²) in [5, 5.41) is 3.06. The highest BCUT2D eigenvalue weighted by Gasteiger charge is 2.06. The Morgan fingerprint density at radius 2 is 1.95 bits per heavy atom. The normalized spacial score (nSPS) is 10.4. The van der Waals surface area contributed by atoms with Crippen molar-refractivity contribution in [3.05, 3.63) is 35.1 Å². The van der Waals surface area contributed by atoms with Crippen LogP contribution in [-0.4, -0.2) is 18.4 Å². The van der Waals surface area contributed by atoms with E-state index in [1.54, 1.807) is 0 Å². The zero-order valence-electron chi connectivity index (χ0n) is 10.6. The summed E-state index contributed by atoms with van der Waals surface area (Å²) in [7, 11) is 0. The summed E-state index contributed by atoms with van der Waals surface area (Å²) in [6.07, 6.45) is 1.87. The summed E-state index contributed by atoms with van der Waals surface area (Å²) in [5.41, 5.74) is 10.7. The zero-order chi connectivity index (χ0) is 14.3. The first-order chi connectivity index (χ1) is 9.00. The van der Waals surface area contributed by atoms with Crippen molar-refractivity contribution in [3.8, 4) is 0 Å². The number of primary amides is 2. The molecule has 0 saturated heterocycles. The fourth-order valence-electron chi connectivity index (χ4n) is 1.62. The lowest BCUT2D eigenvalue weighted by Gasteiger charge is -2.06. The molecule has 0 aromatic heterocycles. The van der Waals surface area contributed by atoms with E-state index in [0.717, 1.165) is 12.5 Å². The van der Waals surface area contributed by atoms with E-state index in [4.69, 9.17) is 11.5 Å². The van der Waals surface area contributed by atoms with E-state index in [-0.39, 0.29) is 11.5 Å². The Balaban J connectivity index is 2.33. The van der Waals surface area contributed by atoms with E-state index in [0.29, 0.717) is 31.5 Å². The molecule has 0 bridgehead atoms. The smallest absolute Gasteiger partial charge is 0.248 e. The molecule has 0 spiro atoms. The maximum absolute atomic E-state index is 13.6. The standard InChI is InChI=1S/C13H18FN3O2/c14-11-7-9(13(16)19)4-5-10(11)8-17-6-2-1-3-12(15)18/h4-5,7,17H,1-3,6,8H2,(H2,15,18)(H2,16,19). The van der Waals surface area contributed by atoms with E-state index in [1.807, 2.05) is 0 Å². The van der Waals surface area contributed by atoms with Gasteiger partial charge in [-0.3, -0.25) is 9.59 Å². The van der Waals surface area contributed by atoms with Gasteiger partial charge in [0.2, 0.25) is 11.8 Å². The number of unbranched alkanes of at least 4 members (excludes halogenated alkanes) is 1. The van der Waals surface area contributed by atoms with Crippen molar-refractivity contribution in [3.63, 3.8) is 0 Å². The van der Waals surface area contributed by atoms with Gasteiger partial charge < -0.3 is 16.8 Å². The van der Waals surface area contributed by atoms with Gasteiger partial charge in [0.05, 0.1) is 0 Å². The summed E-state index contributed by atoms with van der Waals surface area (Å²) in [6.45, 7) is 1.03. The van der Waals surface area contributed by atoms with Crippen LogP contribution >= 0.6 is 0 Å². The Morgan fingerprint density at radius 1 is 1.21 bits per heavy atom. The third-order valence-electron chi connectivity index (χ3n) is 2.68. The maximum atomic E-state index is 13.6. The van der Waals surface area contributed by atoms with E-state index >= 15 is 0 Å². The number of halogens is 1. The molecular weight excluding hydrogens is 249 g/mol. The first-order valence-electron chi connectivity index (χ1n) is 6.08. The topological polar surface area (TPSA) is 98.2 Å². The van der Waals surface area contributed by atoms with Crippen LogP contribution in [0.4, 0.5) is 4.39 Å². The van der Waals surface area contributed by atoms with Gasteiger partial charge >= 0.3 is 0 Å². The molecule has 0 unspecified atom stereocenters. The molecule has 6 heteroatoms. The number of carbonyl (C=O) groups is 2. The average molecular weight is 267 g/mol. The van der Waals surface area contributed by atoms with Crippen LogP contribution in [0.1, 0.15) is 35.2 Å². The third kappa shape index (κ3) is 5.48. The van der Waals surface area contributed by atoms with Crippen molar-refractivity contribution in [2.45, 2.75) is 25.8 Å². The van der Waals surface area contributed by atoms with E-state index in [2.05, 4.69) is 5.32 Å². The number of nitrogens with one attached hydrogen (secondary N) is 1. The SMILES string of the molecule is NC(=O)CCCCNCc1ccc(C(N)=O)cc1F. The van der Waals surface area contributed by atoms with Gasteiger partial charge in [-0.25, -0.2) is 4.39 Å². The number of benzene rings is 1. The van der Waals surface area contributed by atoms with Crippen LogP contribution in [0.2, 0.25) is 0 Å². The second-order valence-electron chi connectivity index (χ2n) is 4.27. The highest BCUT2D eigenvalue weighted by Crippen LogP contribution is 2.10. The molecular formula is C13H18FN3O2. The Morgan fingerprint density at radius 3 is 2.53 bits per heavy atom. The number of amides is 2. The Bertz CT molecular complexity index is 463. The van der Waals surface area contributed by atoms with Crippen molar-refractivity contribution >= 4 is 11.8 Å². The largest absolute Gasteiger partial charge is 0.370 e. The molecule has 104 valence electrons. The van der Waals surface area contributed by atoms with Gasteiger partial charge in [0, 0.05) is 24.1 Å². The van der Waals surface area contributed by atoms with Gasteiger partial charge in [-0.2, -0.15) is 0 Å². The first-order valence-corrected chi connectivity index (χ1v) is 6.08. The van der Waals surface area contributed by atoms with Gasteiger partial charge in [0.15, 0.2) is 0 Å². The number of nitrogens with two attached hydrogens (primary N) is 2. The van der Waals surface area contributed by atoms with E-state index in [1.165, 1.54) is 12.1 Å². The first kappa shape index (κ1) is 15.1. The number of hydrogen-bond acceptors (Lipinski definition) is 3. The lowest BCUT2D eigenvalue weighted by Crippen LogP contribution is -2.17. The predicted octanol–water partition coefficient (Wildman–Crippen LogP) is 0.670. The van der Waals surface area contributed by atoms with Crippen molar-refractivity contribution in [2.75, 3.05) is 6.54 Å². The van der Waals surface area contributed by atoms with Crippen molar-refractivity contribution < 1.29 is 14.0 Å². The van der Waals surface area contributed by atoms with Crippen molar-refractivity contribution in [1.82, 2.24) is 5.32 Å². The highest BCUT2D eigenvalue weighted by atomic mass is 19.1. The second kappa shape index (κ2) is 7.48. The molecule has 2 amide bonds. The molecule has 0 atom stereocenters. The molecule has 1 aromatic carbocycles. The van der Waals surface area contributed by atoms with Crippen LogP contribution in [0.3, 0.4) is 0 Å². The third-order valence-corrected chi connectivity index (χ3v) is 2.68. The van der Waals surface area contributed by atoms with E-state index < -0.39 is 11.7 Å². The summed E-state index contributed by atoms with van der Waals surface area (Å²) in [4.78, 5) is 21.4. The van der Waals surface area contributed by atoms with Gasteiger partial charge in [0.25, 0.3) is 0 Å². The minimum atomic E-state index is -0.648. The lowest BCUT2D eigenvalue weighted by molar-refractivity contribution is -0.118. The van der Waals surface area contributed by atoms with Gasteiger partial charge in [-0.1, -0.05) is 6.07 Å². The lowest BCUT2D eigenvalue weighted by atomic mass is 10.1. The van der Waals surface area contributed by atoms with Gasteiger partial charge in [-0.05, 0) is 31.5 Å². The summed E-state index contributed by atoms with van der Waals surface area (Å²) in [6, 6.07) is 4.16. The second-order valence-corrected chi connectivity index (χ2v) is 4.27. The molecule has 0 heterocycles. The molecule has 0 saturated carbocycles. The van der Waals surface area contributed by atoms with Crippen molar-refractivity contribution in [2.24, 2.45) is 11.5 Å². The number of rotatable bonds is 8. The van der Waals surface area contributed by atoms with Crippen LogP contribution in [0.5, 0.6) is 0 Å². The molecule has 0 aliphatic rings. The van der Waals surface area contributed by atoms with Crippen LogP contribution in [0.15, 0.2) is 18.2 Å². The molecule has 5 N–H and O–H groups in total. The summed E-state index contributed by atoms with van der Waals surface area (Å²) < 4.78 is 13.6. The van der Waals surface area contributed by atoms with Crippen molar-refractivity contribution in [1.29, 1.82) is 0 Å². The zero-order valence-corrected chi connectivity index (χ0v) is 10.6. The highest BCUT2D eigenvalue weighted by molar-refractivity contribution is 5.92. The van der Waals surface area contributed by atoms with Crippen LogP contribution in [0.25, 0.3) is 0 Å². The fraction of sp³-hybridized carbons (Fsp3) is 0.385. The average Bonchev–Trinajstić information content (AvgIpc) is 2.34. The minimum absolute atomic E-state index is 0.155. The quantitative estimate of drug-likeness (QED) is 0.604. The molecule has 0 radical (unpaired) electrons. The molecule has 0 aliphatic heterocycles. The van der Waals surface area contributed by atoms with Crippen LogP contribution < -0.4 is 16.8 Å². The molecule has 1 rings (SSSR count). The van der Waals surface area contributed by atoms with Gasteiger partial charge in [0.1, 0.15) is 5.82 Å². The van der Waals surface area contributed by atoms with Crippen LogP contribution in [0, 0.1) is 5.82 Å². The molecule has 0 aliphatic carbocycles. The molecule has 5 nitrogen and oxygen atoms in total. The predicted molar refractivity (Wildman–Crippen MR) is 69.7 cm³/mol. The molecule has 19 heavy (non-hydrogen) atoms. The minimum Gasteiger partial charge on any atom is -0.370 e. The van der Waals surface area contributed by atoms with Crippen LogP contribution in [-0.2, 0) is 11.3 Å². The van der Waals surface area contributed by atoms with E-state index in [9.17, 15) is 14.0 Å². The maximum Gasteiger partial charge on any atom is 0.248 e.